The van der Waals surface area contributed by atoms with Crippen molar-refractivity contribution in [1.29, 1.82) is 0 Å². The Hall–Kier alpha value is -4.28. The molecule has 0 aromatic heterocycles. The second-order valence-electron chi connectivity index (χ2n) is 21.9. The molecule has 3 aliphatic heterocycles. The van der Waals surface area contributed by atoms with E-state index in [9.17, 15) is 35.4 Å². The van der Waals surface area contributed by atoms with E-state index in [1.807, 2.05) is 68.5 Å². The minimum absolute atomic E-state index is 0.0228. The van der Waals surface area contributed by atoms with Gasteiger partial charge in [-0.2, -0.15) is 0 Å². The molecule has 6 bridgehead atoms. The fraction of sp³-hybridized carbons (Fsp3) is 0.500. The summed E-state index contributed by atoms with van der Waals surface area (Å²) in [6.07, 6.45) is 9.17. The van der Waals surface area contributed by atoms with Gasteiger partial charge < -0.3 is 41.7 Å². The Balaban J connectivity index is 1.23. The van der Waals surface area contributed by atoms with E-state index in [0.29, 0.717) is 85.1 Å². The molecule has 8 rings (SSSR count). The van der Waals surface area contributed by atoms with Crippen LogP contribution >= 0.6 is 21.6 Å². The van der Waals surface area contributed by atoms with Crippen LogP contribution in [0.4, 0.5) is 0 Å². The number of benzene rings is 3. The van der Waals surface area contributed by atoms with E-state index in [1.165, 1.54) is 5.57 Å². The molecule has 11 nitrogen and oxygen atoms in total. The predicted octanol–water partition coefficient (Wildman–Crippen LogP) is 8.83. The van der Waals surface area contributed by atoms with Gasteiger partial charge in [-0.25, -0.2) is 0 Å². The molecular weight excluding hydrogens is 955 g/mol. The average molecular weight is 1030 g/mol. The summed E-state index contributed by atoms with van der Waals surface area (Å²) in [7, 11) is 3.37. The van der Waals surface area contributed by atoms with E-state index < -0.39 is 53.4 Å². The molecule has 1 spiro atoms. The summed E-state index contributed by atoms with van der Waals surface area (Å²) in [5, 5.41) is 77.6. The Morgan fingerprint density at radius 2 is 1.78 bits per heavy atom. The monoisotopic (exact) mass is 1030 g/mol. The zero-order valence-electron chi connectivity index (χ0n) is 43.0. The van der Waals surface area contributed by atoms with Gasteiger partial charge in [0.15, 0.2) is 5.78 Å². The highest BCUT2D eigenvalue weighted by molar-refractivity contribution is 8.76. The lowest BCUT2D eigenvalue weighted by Gasteiger charge is -2.56. The van der Waals surface area contributed by atoms with Gasteiger partial charge in [-0.15, -0.1) is 0 Å². The first-order chi connectivity index (χ1) is 34.9. The molecule has 10 N–H and O–H groups in total. The number of carbonyl (C=O) groups excluding carboxylic acids is 2. The van der Waals surface area contributed by atoms with E-state index in [0.717, 1.165) is 51.8 Å². The van der Waals surface area contributed by atoms with Crippen LogP contribution in [0.3, 0.4) is 0 Å². The van der Waals surface area contributed by atoms with Gasteiger partial charge >= 0.3 is 0 Å². The molecule has 2 saturated carbocycles. The van der Waals surface area contributed by atoms with E-state index >= 15 is 4.79 Å². The number of phenolic OH excluding ortho intramolecular Hbond substituents is 1. The Kier molecular flexibility index (Phi) is 17.9. The van der Waals surface area contributed by atoms with Crippen LogP contribution in [0.2, 0.25) is 0 Å². The lowest BCUT2D eigenvalue weighted by atomic mass is 9.52. The Morgan fingerprint density at radius 1 is 1.00 bits per heavy atom. The van der Waals surface area contributed by atoms with E-state index in [2.05, 4.69) is 49.3 Å². The summed E-state index contributed by atoms with van der Waals surface area (Å²) >= 11 is 0. The number of hydrogen-bond acceptors (Lipinski definition) is 12. The zero-order chi connectivity index (χ0) is 52.2. The maximum atomic E-state index is 15.3. The quantitative estimate of drug-likeness (QED) is 0.0561. The molecule has 0 radical (unpaired) electrons. The number of allylic oxidation sites excluding steroid dienone is 8. The predicted molar refractivity (Wildman–Crippen MR) is 293 cm³/mol. The van der Waals surface area contributed by atoms with Crippen molar-refractivity contribution in [2.24, 2.45) is 28.9 Å². The third-order valence-corrected chi connectivity index (χ3v) is 19.4. The molecule has 73 heavy (non-hydrogen) atoms. The van der Waals surface area contributed by atoms with Crippen molar-refractivity contribution < 1.29 is 40.2 Å². The Bertz CT molecular complexity index is 2640. The highest BCUT2D eigenvalue weighted by atomic mass is 33.1. The van der Waals surface area contributed by atoms with Crippen molar-refractivity contribution in [3.05, 3.63) is 158 Å². The van der Waals surface area contributed by atoms with E-state index in [-0.39, 0.29) is 48.8 Å². The molecule has 2 fully saturated rings. The second kappa shape index (κ2) is 23.7. The summed E-state index contributed by atoms with van der Waals surface area (Å²) in [6, 6.07) is 18.4. The third-order valence-electron chi connectivity index (χ3n) is 17.1. The van der Waals surface area contributed by atoms with Gasteiger partial charge in [0.2, 0.25) is 5.91 Å². The molecule has 3 aromatic carbocycles. The minimum Gasteiger partial charge on any atom is -0.508 e. The number of carbonyl (C=O) groups is 2. The highest BCUT2D eigenvalue weighted by Crippen LogP contribution is 2.63. The number of hydrogen-bond donors (Lipinski definition) is 9. The van der Waals surface area contributed by atoms with E-state index in [4.69, 9.17) is 5.73 Å². The molecule has 11 unspecified atom stereocenters. The van der Waals surface area contributed by atoms with Crippen LogP contribution in [0.5, 0.6) is 5.75 Å². The van der Waals surface area contributed by atoms with Crippen LogP contribution in [0.1, 0.15) is 136 Å². The van der Waals surface area contributed by atoms with Crippen molar-refractivity contribution >= 4 is 33.3 Å². The summed E-state index contributed by atoms with van der Waals surface area (Å²) in [5.41, 5.74) is 14.4. The number of aliphatic hydroxyl groups excluding tert-OH is 4. The summed E-state index contributed by atoms with van der Waals surface area (Å²) in [5.74, 6) is -0.624. The standard InChI is InChI=1S/C60H77N3O8S2/c1-35(2)9-6-10-36(3)11-7-14-41(32-64)46-24-26-60(56(46)69)51-22-20-44(66)28-39-12-8-13-40(27-39)50-34-73-72-33-42-17-21-47-54(48(42)30-52(67)37(4)45(51)23-25-59(60,5)71)55(58(70)63-57(47)61)62-31-53(68)49(50)29-38-15-18-43(65)19-16-38/h7-9,11-19,21,27,44,46,49-51,53,55-57,62,64-66,68-69,71H,3,6,10,20,22-26,28-34,61H2,1-2,4-5H3,(H,63,70). The van der Waals surface area contributed by atoms with Crippen LogP contribution in [0, 0.1) is 23.2 Å². The number of aromatic hydroxyl groups is 1. The maximum Gasteiger partial charge on any atom is 0.243 e. The molecular formula is C60H77N3O8S2. The number of nitrogens with two attached hydrogens (primary N) is 1. The number of ketones is 1. The van der Waals surface area contributed by atoms with Crippen LogP contribution in [0.25, 0.3) is 0 Å². The fourth-order valence-electron chi connectivity index (χ4n) is 13.0. The number of amides is 1. The second-order valence-corrected chi connectivity index (χ2v) is 24.4. The summed E-state index contributed by atoms with van der Waals surface area (Å²) in [6.45, 7) is 11.8. The minimum atomic E-state index is -1.35. The maximum absolute atomic E-state index is 15.3. The molecule has 392 valence electrons. The molecule has 11 atom stereocenters. The van der Waals surface area contributed by atoms with Crippen molar-refractivity contribution in [2.75, 3.05) is 18.9 Å². The van der Waals surface area contributed by atoms with Crippen LogP contribution in [-0.4, -0.2) is 85.1 Å². The number of fused-ring (bicyclic) bond motifs is 9. The summed E-state index contributed by atoms with van der Waals surface area (Å²) < 4.78 is 0. The van der Waals surface area contributed by atoms with Crippen molar-refractivity contribution in [3.8, 4) is 5.75 Å². The smallest absolute Gasteiger partial charge is 0.243 e. The van der Waals surface area contributed by atoms with Crippen molar-refractivity contribution in [1.82, 2.24) is 10.6 Å². The first kappa shape index (κ1) is 55.0. The lowest BCUT2D eigenvalue weighted by Crippen LogP contribution is -2.59. The number of nitrogens with one attached hydrogen (secondary N) is 2. The SMILES string of the molecule is C=C(C=CC=C(CO)C1CCC2(C3CCC(O)Cc4cccc(c4)C4CSSCc5ccc6c(c5CC(=O)C(C)=C3CCC2(C)O)C(NCC(O)C4Cc2ccc(O)cc2)C(=O)NC6N)C1O)CCC=C(C)C. The van der Waals surface area contributed by atoms with Crippen molar-refractivity contribution in [2.45, 2.75) is 146 Å². The molecule has 2 aliphatic carbocycles. The van der Waals surface area contributed by atoms with E-state index in [1.54, 1.807) is 33.7 Å². The molecule has 3 aromatic rings. The number of Topliss-reactive ketones (excluding diaryl/α,β-unsaturated/α-hetero) is 1. The van der Waals surface area contributed by atoms with Gasteiger partial charge in [0, 0.05) is 35.8 Å². The molecule has 1 amide bonds. The van der Waals surface area contributed by atoms with Gasteiger partial charge in [0.25, 0.3) is 0 Å². The summed E-state index contributed by atoms with van der Waals surface area (Å²) in [4.78, 5) is 29.6. The number of rotatable bonds is 9. The molecule has 3 heterocycles. The van der Waals surface area contributed by atoms with Gasteiger partial charge in [-0.3, -0.25) is 14.9 Å². The van der Waals surface area contributed by atoms with Gasteiger partial charge in [0.1, 0.15) is 18.0 Å². The molecule has 13 heteroatoms. The fourth-order valence-corrected chi connectivity index (χ4v) is 15.5. The first-order valence-electron chi connectivity index (χ1n) is 26.3. The van der Waals surface area contributed by atoms with Crippen LogP contribution < -0.4 is 16.4 Å². The lowest BCUT2D eigenvalue weighted by molar-refractivity contribution is -0.168. The highest BCUT2D eigenvalue weighted by Gasteiger charge is 2.64. The van der Waals surface area contributed by atoms with Crippen molar-refractivity contribution in [3.63, 3.8) is 0 Å². The normalized spacial score (nSPS) is 31.4. The largest absolute Gasteiger partial charge is 0.508 e. The van der Waals surface area contributed by atoms with Gasteiger partial charge in [-0.05, 0) is 172 Å². The number of phenols is 1. The third kappa shape index (κ3) is 11.9. The van der Waals surface area contributed by atoms with Crippen LogP contribution in [-0.2, 0) is 34.6 Å². The van der Waals surface area contributed by atoms with Gasteiger partial charge in [0.05, 0.1) is 30.5 Å². The van der Waals surface area contributed by atoms with Crippen LogP contribution in [0.15, 0.2) is 119 Å². The Labute approximate surface area is 440 Å². The van der Waals surface area contributed by atoms with Gasteiger partial charge in [-0.1, -0.05) is 118 Å². The first-order valence-corrected chi connectivity index (χ1v) is 28.7. The number of β-amino-alcohol motifs (C(OH)–C–C–N with tert-alkyl or cyclic N) is 1. The Morgan fingerprint density at radius 3 is 2.53 bits per heavy atom. The zero-order valence-corrected chi connectivity index (χ0v) is 44.6. The number of aliphatic hydroxyl groups is 5. The topological polar surface area (TPSA) is 206 Å². The average Bonchev–Trinajstić information content (AvgIpc) is 3.69. The molecule has 5 aliphatic rings. The molecule has 0 saturated heterocycles.